The van der Waals surface area contributed by atoms with Crippen LogP contribution in [0.5, 0.6) is 0 Å². The molecular weight excluding hydrogens is 586 g/mol. The van der Waals surface area contributed by atoms with Gasteiger partial charge < -0.3 is 20.3 Å². The molecule has 0 aromatic heterocycles. The first-order valence-corrected chi connectivity index (χ1v) is 16.2. The van der Waals surface area contributed by atoms with E-state index < -0.39 is 22.2 Å². The molecule has 1 fully saturated rings. The maximum atomic E-state index is 13.9. The highest BCUT2D eigenvalue weighted by Gasteiger charge is 2.44. The molecule has 2 atom stereocenters. The second kappa shape index (κ2) is 15.8. The smallest absolute Gasteiger partial charge is 0.316 e. The summed E-state index contributed by atoms with van der Waals surface area (Å²) in [6, 6.07) is 15.9. The van der Waals surface area contributed by atoms with Gasteiger partial charge in [-0.15, -0.1) is 0 Å². The number of aliphatic imine (C=N–C) groups is 1. The number of carbonyl (C=O) groups is 3. The first kappa shape index (κ1) is 34.5. The van der Waals surface area contributed by atoms with Gasteiger partial charge in [-0.2, -0.15) is 0 Å². The monoisotopic (exact) mass is 631 g/mol. The lowest BCUT2D eigenvalue weighted by molar-refractivity contribution is -0.384. The topological polar surface area (TPSA) is 143 Å². The van der Waals surface area contributed by atoms with Crippen molar-refractivity contribution in [1.29, 1.82) is 0 Å². The number of non-ortho nitro benzene ring substituents is 1. The van der Waals surface area contributed by atoms with Crippen LogP contribution in [0.25, 0.3) is 0 Å². The number of carbonyl (C=O) groups excluding carboxylic acids is 3. The van der Waals surface area contributed by atoms with Crippen molar-refractivity contribution in [2.24, 2.45) is 10.9 Å². The summed E-state index contributed by atoms with van der Waals surface area (Å²) in [5.41, 5.74) is 2.63. The van der Waals surface area contributed by atoms with Crippen LogP contribution in [0.15, 0.2) is 70.9 Å². The normalized spacial score (nSPS) is 19.6. The van der Waals surface area contributed by atoms with Crippen molar-refractivity contribution in [2.45, 2.75) is 64.2 Å². The number of esters is 1. The minimum atomic E-state index is -0.717. The molecule has 0 radical (unpaired) electrons. The molecule has 246 valence electrons. The summed E-state index contributed by atoms with van der Waals surface area (Å²) in [6.45, 7) is 8.65. The molecule has 2 heterocycles. The number of hydrogen-bond donors (Lipinski definition) is 2. The highest BCUT2D eigenvalue weighted by atomic mass is 16.6. The summed E-state index contributed by atoms with van der Waals surface area (Å²) in [6.07, 6.45) is 3.03. The Balaban J connectivity index is 1.46. The fourth-order valence-electron chi connectivity index (χ4n) is 6.70. The fraction of sp³-hybridized carbons (Fsp3) is 0.486. The average Bonchev–Trinajstić information content (AvgIpc) is 3.09. The number of nitrogens with one attached hydrogen (secondary N) is 2. The van der Waals surface area contributed by atoms with Crippen molar-refractivity contribution in [3.63, 3.8) is 0 Å². The molecule has 11 heteroatoms. The third-order valence-electron chi connectivity index (χ3n) is 9.17. The molecule has 2 N–H and O–H groups in total. The van der Waals surface area contributed by atoms with E-state index in [4.69, 9.17) is 9.73 Å². The maximum absolute atomic E-state index is 13.9. The lowest BCUT2D eigenvalue weighted by atomic mass is 9.72. The van der Waals surface area contributed by atoms with Gasteiger partial charge in [-0.1, -0.05) is 56.3 Å². The van der Waals surface area contributed by atoms with E-state index in [1.54, 1.807) is 19.2 Å². The summed E-state index contributed by atoms with van der Waals surface area (Å²) in [4.78, 5) is 58.1. The maximum Gasteiger partial charge on any atom is 0.316 e. The highest BCUT2D eigenvalue weighted by molar-refractivity contribution is 6.10. The number of piperidine rings is 1. The number of nitro benzene ring substituents is 1. The number of likely N-dealkylation sites (tertiary alicyclic amines) is 1. The van der Waals surface area contributed by atoms with Gasteiger partial charge in [-0.25, -0.2) is 0 Å². The molecule has 0 bridgehead atoms. The molecule has 0 aliphatic carbocycles. The molecule has 2 aromatic rings. The average molecular weight is 632 g/mol. The largest absolute Gasteiger partial charge is 0.465 e. The molecular formula is C35H45N5O6. The van der Waals surface area contributed by atoms with Crippen LogP contribution in [0.2, 0.25) is 0 Å². The van der Waals surface area contributed by atoms with Gasteiger partial charge in [0.25, 0.3) is 5.69 Å². The van der Waals surface area contributed by atoms with Crippen LogP contribution in [-0.2, 0) is 24.5 Å². The predicted octanol–water partition coefficient (Wildman–Crippen LogP) is 4.67. The van der Waals surface area contributed by atoms with Crippen molar-refractivity contribution >= 4 is 29.2 Å². The van der Waals surface area contributed by atoms with E-state index >= 15 is 0 Å². The molecule has 4 rings (SSSR count). The Hall–Kier alpha value is -4.38. The summed E-state index contributed by atoms with van der Waals surface area (Å²) in [5, 5.41) is 17.1. The van der Waals surface area contributed by atoms with E-state index in [-0.39, 0.29) is 23.5 Å². The Morgan fingerprint density at radius 2 is 1.70 bits per heavy atom. The fourth-order valence-corrected chi connectivity index (χ4v) is 6.70. The number of benzene rings is 2. The van der Waals surface area contributed by atoms with Gasteiger partial charge in [0.15, 0.2) is 0 Å². The van der Waals surface area contributed by atoms with Crippen molar-refractivity contribution in [3.05, 3.63) is 87.1 Å². The Labute approximate surface area is 270 Å². The molecule has 46 heavy (non-hydrogen) atoms. The zero-order valence-electron chi connectivity index (χ0n) is 27.2. The molecule has 1 saturated heterocycles. The zero-order valence-corrected chi connectivity index (χ0v) is 27.2. The van der Waals surface area contributed by atoms with Crippen molar-refractivity contribution in [1.82, 2.24) is 15.5 Å². The molecule has 2 unspecified atom stereocenters. The predicted molar refractivity (Wildman–Crippen MR) is 176 cm³/mol. The van der Waals surface area contributed by atoms with Crippen LogP contribution in [0.3, 0.4) is 0 Å². The summed E-state index contributed by atoms with van der Waals surface area (Å²) in [7, 11) is 1.55. The molecule has 0 spiro atoms. The Kier molecular flexibility index (Phi) is 11.8. The third-order valence-corrected chi connectivity index (χ3v) is 9.17. The van der Waals surface area contributed by atoms with E-state index in [0.717, 1.165) is 25.2 Å². The number of hydrogen-bond acceptors (Lipinski definition) is 8. The third kappa shape index (κ3) is 7.36. The van der Waals surface area contributed by atoms with E-state index in [0.29, 0.717) is 67.8 Å². The highest BCUT2D eigenvalue weighted by Crippen LogP contribution is 2.41. The minimum absolute atomic E-state index is 0.0629. The van der Waals surface area contributed by atoms with Crippen LogP contribution >= 0.6 is 0 Å². The van der Waals surface area contributed by atoms with Crippen molar-refractivity contribution in [3.8, 4) is 0 Å². The van der Waals surface area contributed by atoms with Crippen LogP contribution in [0.4, 0.5) is 5.69 Å². The second-order valence-corrected chi connectivity index (χ2v) is 11.7. The van der Waals surface area contributed by atoms with E-state index in [9.17, 15) is 24.5 Å². The quantitative estimate of drug-likeness (QED) is 0.142. The van der Waals surface area contributed by atoms with Crippen LogP contribution in [0, 0.1) is 16.0 Å². The van der Waals surface area contributed by atoms with Gasteiger partial charge in [-0.3, -0.25) is 29.5 Å². The number of rotatable bonds is 13. The molecule has 0 saturated carbocycles. The van der Waals surface area contributed by atoms with Gasteiger partial charge in [0, 0.05) is 48.6 Å². The number of nitro groups is 1. The summed E-state index contributed by atoms with van der Waals surface area (Å²) >= 11 is 0. The minimum Gasteiger partial charge on any atom is -0.465 e. The summed E-state index contributed by atoms with van der Waals surface area (Å²) in [5.74, 6) is -2.09. The van der Waals surface area contributed by atoms with E-state index in [1.165, 1.54) is 12.1 Å². The van der Waals surface area contributed by atoms with Crippen LogP contribution in [-0.4, -0.2) is 73.2 Å². The molecule has 11 nitrogen and oxygen atoms in total. The van der Waals surface area contributed by atoms with Gasteiger partial charge in [0.1, 0.15) is 0 Å². The summed E-state index contributed by atoms with van der Waals surface area (Å²) < 4.78 is 5.50. The first-order valence-electron chi connectivity index (χ1n) is 16.2. The van der Waals surface area contributed by atoms with Gasteiger partial charge in [0.2, 0.25) is 11.8 Å². The van der Waals surface area contributed by atoms with Crippen LogP contribution in [0.1, 0.15) is 69.9 Å². The molecule has 2 aromatic carbocycles. The number of amides is 2. The van der Waals surface area contributed by atoms with Gasteiger partial charge in [0.05, 0.1) is 22.9 Å². The lowest BCUT2D eigenvalue weighted by Crippen LogP contribution is -2.48. The number of allylic oxidation sites excluding steroid dienone is 1. The first-order chi connectivity index (χ1) is 22.2. The lowest BCUT2D eigenvalue weighted by Gasteiger charge is -2.40. The van der Waals surface area contributed by atoms with Crippen molar-refractivity contribution < 1.29 is 24.0 Å². The number of nitrogens with zero attached hydrogens (tertiary/aromatic N) is 3. The molecule has 2 amide bonds. The Bertz CT molecular complexity index is 1460. The Morgan fingerprint density at radius 1 is 1.02 bits per heavy atom. The SMILES string of the molecule is CCOC(=O)C1(c2ccccc2)CCN(CCCNC(=O)C2=C(CC)N=C(CC)C(C(=O)NC)C2c2ccc([N+](=O)[O-])cc2)CC1. The van der Waals surface area contributed by atoms with Gasteiger partial charge >= 0.3 is 5.97 Å². The second-order valence-electron chi connectivity index (χ2n) is 11.7. The van der Waals surface area contributed by atoms with E-state index in [1.807, 2.05) is 51.1 Å². The van der Waals surface area contributed by atoms with E-state index in [2.05, 4.69) is 15.5 Å². The molecule has 2 aliphatic heterocycles. The number of ether oxygens (including phenoxy) is 1. The van der Waals surface area contributed by atoms with Crippen molar-refractivity contribution in [2.75, 3.05) is 39.8 Å². The van der Waals surface area contributed by atoms with Crippen LogP contribution < -0.4 is 10.6 Å². The standard InChI is InChI=1S/C35H45N5O6/c1-5-27-30(32(41)36-4)29(24-14-16-26(17-15-24)40(44)45)31(28(6-2)38-27)33(42)37-20-11-21-39-22-18-35(19-23-39,34(43)46-7-3)25-12-9-8-10-13-25/h8-10,12-17,29-30H,5-7,11,18-23H2,1-4H3,(H,36,41)(H,37,42). The zero-order chi connectivity index (χ0) is 33.3. The van der Waals surface area contributed by atoms with Gasteiger partial charge in [-0.05, 0) is 69.8 Å². The Morgan fingerprint density at radius 3 is 2.26 bits per heavy atom. The molecule has 2 aliphatic rings.